The molecule has 5 heteroatoms. The molecule has 1 aliphatic heterocycles. The van der Waals surface area contributed by atoms with Crippen LogP contribution in [0.2, 0.25) is 5.02 Å². The Morgan fingerprint density at radius 1 is 1.00 bits per heavy atom. The molecule has 0 aromatic heterocycles. The Hall–Kier alpha value is -1.91. The number of halogens is 2. The minimum absolute atomic E-state index is 0.187. The summed E-state index contributed by atoms with van der Waals surface area (Å²) in [5.74, 6) is -0.0821. The lowest BCUT2D eigenvalue weighted by atomic mass is 10.1. The first-order chi connectivity index (χ1) is 12.1. The van der Waals surface area contributed by atoms with E-state index >= 15 is 0 Å². The number of amides is 1. The highest BCUT2D eigenvalue weighted by atomic mass is 35.5. The summed E-state index contributed by atoms with van der Waals surface area (Å²) in [4.78, 5) is 16.4. The molecular weight excluding hydrogens is 339 g/mol. The van der Waals surface area contributed by atoms with E-state index in [4.69, 9.17) is 11.6 Å². The quantitative estimate of drug-likeness (QED) is 0.810. The molecule has 0 atom stereocenters. The van der Waals surface area contributed by atoms with Crippen LogP contribution < -0.4 is 0 Å². The molecule has 2 aromatic carbocycles. The number of aryl methyl sites for hydroxylation is 1. The fourth-order valence-electron chi connectivity index (χ4n) is 3.12. The smallest absolute Gasteiger partial charge is 0.222 e. The number of rotatable bonds is 5. The van der Waals surface area contributed by atoms with Gasteiger partial charge in [0.1, 0.15) is 5.82 Å². The van der Waals surface area contributed by atoms with Gasteiger partial charge < -0.3 is 4.90 Å². The molecule has 0 bridgehead atoms. The molecule has 0 radical (unpaired) electrons. The normalized spacial score (nSPS) is 15.4. The van der Waals surface area contributed by atoms with Crippen LogP contribution in [0.25, 0.3) is 0 Å². The van der Waals surface area contributed by atoms with E-state index in [1.54, 1.807) is 12.1 Å². The highest BCUT2D eigenvalue weighted by Gasteiger charge is 2.22. The van der Waals surface area contributed by atoms with Crippen LogP contribution in [0.4, 0.5) is 4.39 Å². The average molecular weight is 361 g/mol. The molecule has 0 saturated carbocycles. The van der Waals surface area contributed by atoms with Gasteiger partial charge in [-0.25, -0.2) is 4.39 Å². The molecule has 132 valence electrons. The first-order valence-electron chi connectivity index (χ1n) is 8.60. The van der Waals surface area contributed by atoms with Crippen molar-refractivity contribution in [3.05, 3.63) is 70.5 Å². The van der Waals surface area contributed by atoms with Crippen LogP contribution in [0.3, 0.4) is 0 Å². The van der Waals surface area contributed by atoms with Crippen molar-refractivity contribution in [3.63, 3.8) is 0 Å². The summed E-state index contributed by atoms with van der Waals surface area (Å²) >= 11 is 6.10. The monoisotopic (exact) mass is 360 g/mol. The first-order valence-corrected chi connectivity index (χ1v) is 8.98. The lowest BCUT2D eigenvalue weighted by Crippen LogP contribution is -2.48. The molecular formula is C20H22ClFN2O. The Labute approximate surface area is 153 Å². The van der Waals surface area contributed by atoms with E-state index < -0.39 is 0 Å². The summed E-state index contributed by atoms with van der Waals surface area (Å²) in [6.45, 7) is 3.32. The van der Waals surface area contributed by atoms with Crippen molar-refractivity contribution in [1.82, 2.24) is 9.80 Å². The summed E-state index contributed by atoms with van der Waals surface area (Å²) in [6.07, 6.45) is 1.30. The van der Waals surface area contributed by atoms with Crippen LogP contribution in [-0.2, 0) is 17.8 Å². The van der Waals surface area contributed by atoms with Crippen molar-refractivity contribution >= 4 is 17.5 Å². The molecule has 0 aliphatic carbocycles. The molecule has 1 heterocycles. The average Bonchev–Trinajstić information content (AvgIpc) is 2.64. The Balaban J connectivity index is 1.47. The maximum absolute atomic E-state index is 13.9. The lowest BCUT2D eigenvalue weighted by molar-refractivity contribution is -0.133. The van der Waals surface area contributed by atoms with E-state index in [-0.39, 0.29) is 11.7 Å². The number of nitrogens with zero attached hydrogens (tertiary/aromatic N) is 2. The van der Waals surface area contributed by atoms with Crippen LogP contribution in [0, 0.1) is 5.82 Å². The maximum atomic E-state index is 13.9. The zero-order valence-electron chi connectivity index (χ0n) is 14.1. The van der Waals surface area contributed by atoms with Crippen LogP contribution in [0.15, 0.2) is 48.5 Å². The first kappa shape index (κ1) is 17.9. The van der Waals surface area contributed by atoms with Gasteiger partial charge in [-0.3, -0.25) is 9.69 Å². The van der Waals surface area contributed by atoms with Crippen molar-refractivity contribution in [2.75, 3.05) is 26.2 Å². The third-order valence-electron chi connectivity index (χ3n) is 4.64. The van der Waals surface area contributed by atoms with Gasteiger partial charge in [-0.15, -0.1) is 0 Å². The van der Waals surface area contributed by atoms with Gasteiger partial charge in [-0.2, -0.15) is 0 Å². The largest absolute Gasteiger partial charge is 0.340 e. The van der Waals surface area contributed by atoms with Crippen LogP contribution in [0.1, 0.15) is 17.5 Å². The molecule has 1 saturated heterocycles. The maximum Gasteiger partial charge on any atom is 0.222 e. The molecule has 1 aliphatic rings. The zero-order chi connectivity index (χ0) is 17.6. The van der Waals surface area contributed by atoms with E-state index in [9.17, 15) is 9.18 Å². The Bertz CT molecular complexity index is 695. The van der Waals surface area contributed by atoms with Crippen LogP contribution in [-0.4, -0.2) is 41.9 Å². The van der Waals surface area contributed by atoms with Gasteiger partial charge in [0.2, 0.25) is 5.91 Å². The van der Waals surface area contributed by atoms with E-state index in [0.29, 0.717) is 36.6 Å². The molecule has 0 N–H and O–H groups in total. The van der Waals surface area contributed by atoms with Gasteiger partial charge >= 0.3 is 0 Å². The molecule has 3 rings (SSSR count). The minimum atomic E-state index is -0.270. The summed E-state index contributed by atoms with van der Waals surface area (Å²) < 4.78 is 13.9. The predicted octanol–water partition coefficient (Wildman–Crippen LogP) is 3.76. The number of piperazine rings is 1. The zero-order valence-corrected chi connectivity index (χ0v) is 14.9. The number of carbonyl (C=O) groups excluding carboxylic acids is 1. The van der Waals surface area contributed by atoms with Gasteiger partial charge in [-0.05, 0) is 24.1 Å². The second-order valence-corrected chi connectivity index (χ2v) is 6.75. The van der Waals surface area contributed by atoms with Gasteiger partial charge in [0.25, 0.3) is 0 Å². The Morgan fingerprint density at radius 3 is 2.40 bits per heavy atom. The predicted molar refractivity (Wildman–Crippen MR) is 98.0 cm³/mol. The van der Waals surface area contributed by atoms with Crippen molar-refractivity contribution < 1.29 is 9.18 Å². The van der Waals surface area contributed by atoms with Crippen molar-refractivity contribution in [3.8, 4) is 0 Å². The minimum Gasteiger partial charge on any atom is -0.340 e. The molecule has 2 aromatic rings. The Kier molecular flexibility index (Phi) is 6.05. The van der Waals surface area contributed by atoms with E-state index in [1.165, 1.54) is 11.6 Å². The molecule has 1 amide bonds. The standard InChI is InChI=1S/C20H22ClFN2O/c21-18-7-4-8-19(22)17(18)15-23-11-13-24(14-12-23)20(25)10-9-16-5-2-1-3-6-16/h1-8H,9-15H2. The summed E-state index contributed by atoms with van der Waals surface area (Å²) in [7, 11) is 0. The van der Waals surface area contributed by atoms with E-state index in [1.807, 2.05) is 35.2 Å². The highest BCUT2D eigenvalue weighted by molar-refractivity contribution is 6.31. The van der Waals surface area contributed by atoms with Gasteiger partial charge in [0.15, 0.2) is 0 Å². The van der Waals surface area contributed by atoms with Crippen molar-refractivity contribution in [1.29, 1.82) is 0 Å². The molecule has 0 spiro atoms. The number of benzene rings is 2. The number of carbonyl (C=O) groups is 1. The van der Waals surface area contributed by atoms with Gasteiger partial charge in [0, 0.05) is 49.7 Å². The van der Waals surface area contributed by atoms with Crippen LogP contribution >= 0.6 is 11.6 Å². The van der Waals surface area contributed by atoms with Gasteiger partial charge in [-0.1, -0.05) is 48.0 Å². The van der Waals surface area contributed by atoms with E-state index in [2.05, 4.69) is 4.90 Å². The lowest BCUT2D eigenvalue weighted by Gasteiger charge is -2.35. The fourth-order valence-corrected chi connectivity index (χ4v) is 3.34. The van der Waals surface area contributed by atoms with Crippen molar-refractivity contribution in [2.24, 2.45) is 0 Å². The summed E-state index contributed by atoms with van der Waals surface area (Å²) in [5.41, 5.74) is 1.72. The Morgan fingerprint density at radius 2 is 1.72 bits per heavy atom. The molecule has 1 fully saturated rings. The SMILES string of the molecule is O=C(CCc1ccccc1)N1CCN(Cc2c(F)cccc2Cl)CC1. The third-order valence-corrected chi connectivity index (χ3v) is 4.99. The number of hydrogen-bond acceptors (Lipinski definition) is 2. The third kappa shape index (κ3) is 4.80. The molecule has 25 heavy (non-hydrogen) atoms. The highest BCUT2D eigenvalue weighted by Crippen LogP contribution is 2.21. The second kappa shape index (κ2) is 8.45. The van der Waals surface area contributed by atoms with Gasteiger partial charge in [0.05, 0.1) is 0 Å². The second-order valence-electron chi connectivity index (χ2n) is 6.34. The molecule has 0 unspecified atom stereocenters. The topological polar surface area (TPSA) is 23.6 Å². The van der Waals surface area contributed by atoms with Crippen molar-refractivity contribution in [2.45, 2.75) is 19.4 Å². The van der Waals surface area contributed by atoms with Crippen LogP contribution in [0.5, 0.6) is 0 Å². The van der Waals surface area contributed by atoms with E-state index in [0.717, 1.165) is 19.5 Å². The number of hydrogen-bond donors (Lipinski definition) is 0. The summed E-state index contributed by atoms with van der Waals surface area (Å²) in [5, 5.41) is 0.460. The molecule has 3 nitrogen and oxygen atoms in total. The summed E-state index contributed by atoms with van der Waals surface area (Å²) in [6, 6.07) is 14.8. The fraction of sp³-hybridized carbons (Fsp3) is 0.350.